The third-order valence-corrected chi connectivity index (χ3v) is 8.35. The highest BCUT2D eigenvalue weighted by Crippen LogP contribution is 2.58. The molecule has 4 N–H and O–H groups in total. The summed E-state index contributed by atoms with van der Waals surface area (Å²) in [5, 5.41) is 28.2. The van der Waals surface area contributed by atoms with Crippen molar-refractivity contribution in [3.05, 3.63) is 36.3 Å². The molecule has 0 bridgehead atoms. The lowest BCUT2D eigenvalue weighted by atomic mass is 10.1. The molecule has 3 aromatic rings. The van der Waals surface area contributed by atoms with Crippen LogP contribution in [-0.4, -0.2) is 75.3 Å². The molecule has 19 heteroatoms. The van der Waals surface area contributed by atoms with Crippen LogP contribution in [0.25, 0.3) is 0 Å². The van der Waals surface area contributed by atoms with Crippen molar-refractivity contribution < 1.29 is 56.5 Å². The number of amides is 1. The van der Waals surface area contributed by atoms with Crippen LogP contribution >= 0.6 is 7.82 Å². The highest BCUT2D eigenvalue weighted by atomic mass is 31.2. The van der Waals surface area contributed by atoms with Crippen molar-refractivity contribution in [3.63, 3.8) is 0 Å². The second-order valence-corrected chi connectivity index (χ2v) is 14.8. The number of phosphoric acid groups is 1. The van der Waals surface area contributed by atoms with E-state index < -0.39 is 48.3 Å². The molecule has 274 valence electrons. The van der Waals surface area contributed by atoms with E-state index in [9.17, 15) is 19.6 Å². The molecule has 0 atom stereocenters. The second kappa shape index (κ2) is 13.8. The average molecular weight is 725 g/mol. The zero-order chi connectivity index (χ0) is 37.4. The number of carbonyl (C=O) groups is 1. The lowest BCUT2D eigenvalue weighted by Gasteiger charge is -2.43. The fraction of sp³-hybridized carbons (Fsp3) is 0.484. The molecule has 1 amide bonds. The Kier molecular flexibility index (Phi) is 10.6. The molecule has 17 nitrogen and oxygen atoms in total. The molecule has 0 saturated heterocycles. The maximum absolute atomic E-state index is 15.0. The van der Waals surface area contributed by atoms with Gasteiger partial charge in [0.25, 0.3) is 5.91 Å². The number of ether oxygens (including phenoxy) is 4. The monoisotopic (exact) mass is 724 g/mol. The number of fused-ring (bicyclic) bond motifs is 1. The molecule has 0 fully saturated rings. The summed E-state index contributed by atoms with van der Waals surface area (Å²) in [5.41, 5.74) is -3.57. The fourth-order valence-electron chi connectivity index (χ4n) is 4.54. The van der Waals surface area contributed by atoms with E-state index in [-0.39, 0.29) is 23.3 Å². The van der Waals surface area contributed by atoms with Gasteiger partial charge in [-0.25, -0.2) is 28.3 Å². The van der Waals surface area contributed by atoms with Crippen molar-refractivity contribution in [1.29, 1.82) is 0 Å². The number of aliphatic hydroxyl groups is 2. The Morgan fingerprint density at radius 1 is 0.900 bits per heavy atom. The minimum Gasteiger partial charge on any atom is -0.493 e. The summed E-state index contributed by atoms with van der Waals surface area (Å²) in [6, 6.07) is 5.89. The number of methoxy groups -OCH3 is 3. The number of benzene rings is 1. The van der Waals surface area contributed by atoms with E-state index in [0.29, 0.717) is 27.8 Å². The van der Waals surface area contributed by atoms with Gasteiger partial charge in [-0.05, 0) is 67.5 Å². The van der Waals surface area contributed by atoms with Gasteiger partial charge >= 0.3 is 13.9 Å². The molecule has 2 aromatic heterocycles. The van der Waals surface area contributed by atoms with Crippen LogP contribution in [-0.2, 0) is 22.9 Å². The Bertz CT molecular complexity index is 1750. The number of phosphoric ester groups is 1. The molecule has 4 rings (SSSR count). The summed E-state index contributed by atoms with van der Waals surface area (Å²) in [6.07, 6.45) is -2.76. The van der Waals surface area contributed by atoms with Crippen molar-refractivity contribution in [2.45, 2.75) is 78.3 Å². The number of nitrogens with zero attached hydrogens (tertiary/aromatic N) is 4. The molecule has 1 aliphatic rings. The quantitative estimate of drug-likeness (QED) is 0.137. The van der Waals surface area contributed by atoms with Crippen LogP contribution in [0.4, 0.5) is 33.5 Å². The SMILES string of the molecule is COc1cc(Nc2ncc(F)c(Nc3ccc4c(n3)N(C(O)(O)OP(=O)(OC(C)(C)C)OC(C)(C)C)C(=O)C(C)(C)O4)n2)cc(OC)c1OC. The summed E-state index contributed by atoms with van der Waals surface area (Å²) in [7, 11) is -0.469. The number of nitrogens with one attached hydrogen (secondary N) is 2. The van der Waals surface area contributed by atoms with Crippen LogP contribution in [0.5, 0.6) is 23.0 Å². The van der Waals surface area contributed by atoms with Gasteiger partial charge in [0.2, 0.25) is 11.7 Å². The largest absolute Gasteiger partial charge is 0.493 e. The van der Waals surface area contributed by atoms with Crippen LogP contribution in [0.15, 0.2) is 30.5 Å². The zero-order valence-corrected chi connectivity index (χ0v) is 30.5. The molecule has 1 aliphatic heterocycles. The lowest BCUT2D eigenvalue weighted by Crippen LogP contribution is -2.63. The highest BCUT2D eigenvalue weighted by molar-refractivity contribution is 7.48. The number of aromatic nitrogens is 3. The standard InChI is InChI=1S/C31H42FN6O11P/c1-28(2,3)47-50(42,48-29(4,5)6)49-31(40,41)38-25-19(46-30(7,8)26(38)39)12-13-22(36-25)35-24-18(32)16-33-27(37-24)34-17-14-20(43-9)23(45-11)21(15-17)44-10/h12-16,40-41H,1-11H3,(H2,33,34,35,36,37). The van der Waals surface area contributed by atoms with Crippen LogP contribution in [0.1, 0.15) is 55.4 Å². The zero-order valence-electron chi connectivity index (χ0n) is 29.6. The first-order valence-corrected chi connectivity index (χ1v) is 16.5. The number of carbonyl (C=O) groups excluding carboxylic acids is 1. The minimum atomic E-state index is -4.83. The van der Waals surface area contributed by atoms with Gasteiger partial charge in [-0.2, -0.15) is 4.98 Å². The Morgan fingerprint density at radius 3 is 2.00 bits per heavy atom. The molecular formula is C31H42FN6O11P. The molecule has 3 heterocycles. The van der Waals surface area contributed by atoms with Crippen molar-refractivity contribution in [3.8, 4) is 23.0 Å². The first-order chi connectivity index (χ1) is 23.0. The van der Waals surface area contributed by atoms with E-state index in [4.69, 9.17) is 32.5 Å². The van der Waals surface area contributed by atoms with E-state index in [1.165, 1.54) is 47.3 Å². The number of pyridine rings is 1. The van der Waals surface area contributed by atoms with Crippen LogP contribution < -0.4 is 34.5 Å². The van der Waals surface area contributed by atoms with Gasteiger partial charge in [-0.15, -0.1) is 0 Å². The molecule has 0 spiro atoms. The third kappa shape index (κ3) is 8.88. The predicted octanol–water partition coefficient (Wildman–Crippen LogP) is 5.38. The van der Waals surface area contributed by atoms with Crippen LogP contribution in [0.2, 0.25) is 0 Å². The van der Waals surface area contributed by atoms with Crippen LogP contribution in [0, 0.1) is 5.82 Å². The topological polar surface area (TPSA) is 205 Å². The van der Waals surface area contributed by atoms with E-state index in [1.807, 2.05) is 0 Å². The number of hydrogen-bond acceptors (Lipinski definition) is 16. The number of hydrogen-bond donors (Lipinski definition) is 4. The van der Waals surface area contributed by atoms with Crippen molar-refractivity contribution >= 4 is 42.8 Å². The van der Waals surface area contributed by atoms with Crippen molar-refractivity contribution in [2.75, 3.05) is 36.9 Å². The number of rotatable bonds is 12. The summed E-state index contributed by atoms with van der Waals surface area (Å²) in [5.74, 6) is -2.02. The lowest BCUT2D eigenvalue weighted by molar-refractivity contribution is -0.300. The van der Waals surface area contributed by atoms with Gasteiger partial charge in [-0.1, -0.05) is 0 Å². The molecule has 0 unspecified atom stereocenters. The van der Waals surface area contributed by atoms with Gasteiger partial charge in [-0.3, -0.25) is 13.8 Å². The van der Waals surface area contributed by atoms with Crippen molar-refractivity contribution in [2.24, 2.45) is 0 Å². The van der Waals surface area contributed by atoms with E-state index in [1.54, 1.807) is 53.7 Å². The normalized spacial score (nSPS) is 14.8. The fourth-order valence-corrected chi connectivity index (χ4v) is 6.37. The molecule has 1 aromatic carbocycles. The highest BCUT2D eigenvalue weighted by Gasteiger charge is 2.56. The van der Waals surface area contributed by atoms with E-state index in [0.717, 1.165) is 6.20 Å². The summed E-state index contributed by atoms with van der Waals surface area (Å²) < 4.78 is 67.0. The maximum Gasteiger partial charge on any atom is 0.481 e. The Morgan fingerprint density at radius 2 is 1.48 bits per heavy atom. The summed E-state index contributed by atoms with van der Waals surface area (Å²) >= 11 is 0. The minimum absolute atomic E-state index is 0.0467. The summed E-state index contributed by atoms with van der Waals surface area (Å²) in [6.45, 7) is 12.0. The molecule has 0 saturated carbocycles. The predicted molar refractivity (Wildman–Crippen MR) is 179 cm³/mol. The average Bonchev–Trinajstić information content (AvgIpc) is 2.96. The number of halogens is 1. The molecule has 0 aliphatic carbocycles. The first kappa shape index (κ1) is 38.5. The van der Waals surface area contributed by atoms with Gasteiger partial charge in [0.05, 0.1) is 38.7 Å². The maximum atomic E-state index is 15.0. The summed E-state index contributed by atoms with van der Waals surface area (Å²) in [4.78, 5) is 26.4. The second-order valence-electron chi connectivity index (χ2n) is 13.3. The Balaban J connectivity index is 1.71. The first-order valence-electron chi connectivity index (χ1n) is 15.1. The van der Waals surface area contributed by atoms with Crippen LogP contribution in [0.3, 0.4) is 0 Å². The molecule has 0 radical (unpaired) electrons. The Labute approximate surface area is 288 Å². The third-order valence-electron chi connectivity index (χ3n) is 6.34. The smallest absolute Gasteiger partial charge is 0.481 e. The van der Waals surface area contributed by atoms with Gasteiger partial charge in [0.1, 0.15) is 5.82 Å². The van der Waals surface area contributed by atoms with E-state index in [2.05, 4.69) is 25.6 Å². The molecular weight excluding hydrogens is 682 g/mol. The van der Waals surface area contributed by atoms with Gasteiger partial charge in [0.15, 0.2) is 40.3 Å². The number of anilines is 5. The van der Waals surface area contributed by atoms with Crippen molar-refractivity contribution in [1.82, 2.24) is 15.0 Å². The van der Waals surface area contributed by atoms with Gasteiger partial charge in [0, 0.05) is 17.8 Å². The molecule has 50 heavy (non-hydrogen) atoms. The Hall–Kier alpha value is -4.32. The van der Waals surface area contributed by atoms with Gasteiger partial charge < -0.3 is 39.8 Å². The van der Waals surface area contributed by atoms with E-state index >= 15 is 4.39 Å².